The van der Waals surface area contributed by atoms with E-state index in [2.05, 4.69) is 31.8 Å². The Morgan fingerprint density at radius 3 is 2.66 bits per heavy atom. The number of halogens is 2. The molecular formula is C25H26F2N6O2. The highest BCUT2D eigenvalue weighted by Gasteiger charge is 2.19. The Hall–Kier alpha value is -3.79. The average molecular weight is 481 g/mol. The number of hydrogen-bond acceptors (Lipinski definition) is 6. The molecule has 4 aromatic rings. The number of anilines is 1. The van der Waals surface area contributed by atoms with Gasteiger partial charge in [-0.1, -0.05) is 24.3 Å². The van der Waals surface area contributed by atoms with Crippen molar-refractivity contribution < 1.29 is 13.5 Å². The van der Waals surface area contributed by atoms with Crippen molar-refractivity contribution in [3.63, 3.8) is 0 Å². The number of nitrogens with one attached hydrogen (secondary N) is 1. The van der Waals surface area contributed by atoms with Crippen LogP contribution >= 0.6 is 0 Å². The van der Waals surface area contributed by atoms with Crippen LogP contribution in [0.5, 0.6) is 5.75 Å². The normalized spacial score (nSPS) is 16.3. The maximum Gasteiger partial charge on any atom is 0.387 e. The minimum absolute atomic E-state index is 0.0826. The molecule has 35 heavy (non-hydrogen) atoms. The fourth-order valence-electron chi connectivity index (χ4n) is 4.50. The predicted molar refractivity (Wildman–Crippen MR) is 130 cm³/mol. The van der Waals surface area contributed by atoms with Gasteiger partial charge in [0.2, 0.25) is 5.95 Å². The molecule has 5 rings (SSSR count). The van der Waals surface area contributed by atoms with Crippen LogP contribution in [0.4, 0.5) is 14.7 Å². The van der Waals surface area contributed by atoms with E-state index in [4.69, 9.17) is 0 Å². The summed E-state index contributed by atoms with van der Waals surface area (Å²) in [6.07, 6.45) is 3.57. The third kappa shape index (κ3) is 4.61. The Morgan fingerprint density at radius 1 is 1.14 bits per heavy atom. The van der Waals surface area contributed by atoms with Gasteiger partial charge in [0, 0.05) is 56.2 Å². The molecule has 2 aromatic heterocycles. The lowest BCUT2D eigenvalue weighted by atomic mass is 10.1. The Labute approximate surface area is 200 Å². The summed E-state index contributed by atoms with van der Waals surface area (Å²) < 4.78 is 33.7. The van der Waals surface area contributed by atoms with E-state index in [0.29, 0.717) is 28.5 Å². The van der Waals surface area contributed by atoms with Gasteiger partial charge < -0.3 is 15.0 Å². The van der Waals surface area contributed by atoms with Crippen molar-refractivity contribution in [2.75, 3.05) is 24.5 Å². The second-order valence-electron chi connectivity index (χ2n) is 8.68. The molecule has 8 nitrogen and oxygen atoms in total. The van der Waals surface area contributed by atoms with Gasteiger partial charge in [0.15, 0.2) is 0 Å². The second-order valence-corrected chi connectivity index (χ2v) is 8.68. The minimum Gasteiger partial charge on any atom is -0.434 e. The summed E-state index contributed by atoms with van der Waals surface area (Å²) in [5.41, 5.74) is 2.74. The molecule has 10 heteroatoms. The molecular weight excluding hydrogens is 454 g/mol. The number of aromatic nitrogens is 4. The second kappa shape index (κ2) is 9.46. The quantitative estimate of drug-likeness (QED) is 0.457. The summed E-state index contributed by atoms with van der Waals surface area (Å²) in [6, 6.07) is 12.5. The van der Waals surface area contributed by atoms with Crippen LogP contribution in [0, 0.1) is 0 Å². The molecule has 0 spiro atoms. The van der Waals surface area contributed by atoms with Gasteiger partial charge in [0.05, 0.1) is 17.4 Å². The largest absolute Gasteiger partial charge is 0.434 e. The van der Waals surface area contributed by atoms with Crippen LogP contribution in [-0.2, 0) is 13.6 Å². The summed E-state index contributed by atoms with van der Waals surface area (Å²) >= 11 is 0. The topological polar surface area (TPSA) is 77.2 Å². The van der Waals surface area contributed by atoms with Crippen molar-refractivity contribution in [3.05, 3.63) is 70.8 Å². The maximum atomic E-state index is 12.9. The standard InChI is InChI=1S/C25H26F2N6O2/c1-16-14-32(10-9-28-16)25-29-12-19(13-30-25)17-7-8-20-21(11-17)33(31(2)23(20)34)15-18-5-3-4-6-22(18)35-24(26)27/h3-8,11-13,16,24,28H,9-10,14-15H2,1-2H3/t16-/m0/s1. The van der Waals surface area contributed by atoms with Crippen LogP contribution in [0.1, 0.15) is 12.5 Å². The smallest absolute Gasteiger partial charge is 0.387 e. The summed E-state index contributed by atoms with van der Waals surface area (Å²) in [5.74, 6) is 0.773. The molecule has 0 unspecified atom stereocenters. The molecule has 0 saturated carbocycles. The van der Waals surface area contributed by atoms with E-state index in [9.17, 15) is 13.6 Å². The first-order chi connectivity index (χ1) is 16.9. The van der Waals surface area contributed by atoms with Gasteiger partial charge in [-0.25, -0.2) is 9.97 Å². The average Bonchev–Trinajstić information content (AvgIpc) is 3.09. The molecule has 1 aliphatic heterocycles. The van der Waals surface area contributed by atoms with E-state index < -0.39 is 6.61 Å². The number of ether oxygens (including phenoxy) is 1. The number of benzene rings is 2. The first-order valence-electron chi connectivity index (χ1n) is 11.4. The predicted octanol–water partition coefficient (Wildman–Crippen LogP) is 3.24. The van der Waals surface area contributed by atoms with Gasteiger partial charge >= 0.3 is 6.61 Å². The third-order valence-electron chi connectivity index (χ3n) is 6.29. The fraction of sp³-hybridized carbons (Fsp3) is 0.320. The molecule has 0 radical (unpaired) electrons. The zero-order chi connectivity index (χ0) is 24.5. The Balaban J connectivity index is 1.49. The summed E-state index contributed by atoms with van der Waals surface area (Å²) in [7, 11) is 1.66. The molecule has 1 atom stereocenters. The lowest BCUT2D eigenvalue weighted by Gasteiger charge is -2.31. The first kappa shape index (κ1) is 23.0. The van der Waals surface area contributed by atoms with Crippen LogP contribution in [-0.4, -0.2) is 51.6 Å². The van der Waals surface area contributed by atoms with E-state index in [-0.39, 0.29) is 17.9 Å². The molecule has 1 N–H and O–H groups in total. The number of hydrogen-bond donors (Lipinski definition) is 1. The molecule has 0 aliphatic carbocycles. The van der Waals surface area contributed by atoms with E-state index >= 15 is 0 Å². The summed E-state index contributed by atoms with van der Waals surface area (Å²) in [5, 5.41) is 3.94. The molecule has 1 fully saturated rings. The monoisotopic (exact) mass is 480 g/mol. The van der Waals surface area contributed by atoms with Crippen LogP contribution < -0.4 is 20.5 Å². The number of piperazine rings is 1. The highest BCUT2D eigenvalue weighted by molar-refractivity contribution is 5.84. The van der Waals surface area contributed by atoms with Crippen LogP contribution in [0.25, 0.3) is 22.0 Å². The molecule has 2 aromatic carbocycles. The third-order valence-corrected chi connectivity index (χ3v) is 6.29. The minimum atomic E-state index is -2.93. The van der Waals surface area contributed by atoms with E-state index in [1.807, 2.05) is 12.1 Å². The summed E-state index contributed by atoms with van der Waals surface area (Å²) in [4.78, 5) is 24.1. The number of nitrogens with zero attached hydrogens (tertiary/aromatic N) is 5. The van der Waals surface area contributed by atoms with Crippen molar-refractivity contribution in [3.8, 4) is 16.9 Å². The SMILES string of the molecule is C[C@H]1CN(c2ncc(-c3ccc4c(=O)n(C)n(Cc5ccccc5OC(F)F)c4c3)cn2)CCN1. The van der Waals surface area contributed by atoms with Crippen molar-refractivity contribution >= 4 is 16.9 Å². The molecule has 3 heterocycles. The van der Waals surface area contributed by atoms with Crippen molar-refractivity contribution in [1.82, 2.24) is 24.6 Å². The van der Waals surface area contributed by atoms with Crippen molar-refractivity contribution in [1.29, 1.82) is 0 Å². The summed E-state index contributed by atoms with van der Waals surface area (Å²) in [6.45, 7) is 1.98. The molecule has 1 aliphatic rings. The fourth-order valence-corrected chi connectivity index (χ4v) is 4.50. The van der Waals surface area contributed by atoms with Gasteiger partial charge in [-0.3, -0.25) is 14.2 Å². The number of rotatable bonds is 6. The van der Waals surface area contributed by atoms with Crippen LogP contribution in [0.3, 0.4) is 0 Å². The Kier molecular flexibility index (Phi) is 6.21. The Morgan fingerprint density at radius 2 is 1.91 bits per heavy atom. The molecule has 1 saturated heterocycles. The maximum absolute atomic E-state index is 12.9. The van der Waals surface area contributed by atoms with Crippen molar-refractivity contribution in [2.45, 2.75) is 26.1 Å². The Bertz CT molecular complexity index is 1400. The highest BCUT2D eigenvalue weighted by atomic mass is 19.3. The van der Waals surface area contributed by atoms with Gasteiger partial charge in [-0.05, 0) is 30.7 Å². The van der Waals surface area contributed by atoms with Gasteiger partial charge in [0.25, 0.3) is 5.56 Å². The first-order valence-corrected chi connectivity index (χ1v) is 11.4. The number of alkyl halides is 2. The lowest BCUT2D eigenvalue weighted by molar-refractivity contribution is -0.0505. The highest BCUT2D eigenvalue weighted by Crippen LogP contribution is 2.26. The van der Waals surface area contributed by atoms with Crippen LogP contribution in [0.2, 0.25) is 0 Å². The zero-order valence-electron chi connectivity index (χ0n) is 19.5. The van der Waals surface area contributed by atoms with Gasteiger partial charge in [0.1, 0.15) is 5.75 Å². The van der Waals surface area contributed by atoms with Gasteiger partial charge in [-0.2, -0.15) is 8.78 Å². The van der Waals surface area contributed by atoms with E-state index in [0.717, 1.165) is 30.8 Å². The van der Waals surface area contributed by atoms with E-state index in [1.165, 1.54) is 10.7 Å². The number of fused-ring (bicyclic) bond motifs is 1. The molecule has 0 amide bonds. The zero-order valence-corrected chi connectivity index (χ0v) is 19.5. The van der Waals surface area contributed by atoms with Gasteiger partial charge in [-0.15, -0.1) is 0 Å². The molecule has 0 bridgehead atoms. The van der Waals surface area contributed by atoms with Crippen LogP contribution in [0.15, 0.2) is 59.7 Å². The lowest BCUT2D eigenvalue weighted by Crippen LogP contribution is -2.49. The van der Waals surface area contributed by atoms with Crippen molar-refractivity contribution in [2.24, 2.45) is 7.05 Å². The number of para-hydroxylation sites is 1. The van der Waals surface area contributed by atoms with E-state index in [1.54, 1.807) is 48.4 Å². The molecule has 182 valence electrons.